The van der Waals surface area contributed by atoms with Gasteiger partial charge in [0.25, 0.3) is 10.0 Å². The quantitative estimate of drug-likeness (QED) is 0.325. The number of halogens is 3. The first-order valence-corrected chi connectivity index (χ1v) is 12.9. The van der Waals surface area contributed by atoms with E-state index in [0.717, 1.165) is 41.4 Å². The Morgan fingerprint density at radius 3 is 2.30 bits per heavy atom. The molecule has 0 heterocycles. The minimum absolute atomic E-state index is 0.0322. The normalized spacial score (nSPS) is 14.0. The second kappa shape index (κ2) is 10.7. The van der Waals surface area contributed by atoms with E-state index in [1.54, 1.807) is 42.5 Å². The summed E-state index contributed by atoms with van der Waals surface area (Å²) >= 11 is 0. The first kappa shape index (κ1) is 26.3. The van der Waals surface area contributed by atoms with Gasteiger partial charge in [0.1, 0.15) is 12.4 Å². The van der Waals surface area contributed by atoms with Crippen molar-refractivity contribution in [3.8, 4) is 5.75 Å². The van der Waals surface area contributed by atoms with Gasteiger partial charge in [0, 0.05) is 12.6 Å². The van der Waals surface area contributed by atoms with Crippen molar-refractivity contribution in [3.05, 3.63) is 95.6 Å². The van der Waals surface area contributed by atoms with Gasteiger partial charge in [0.05, 0.1) is 16.1 Å². The Morgan fingerprint density at radius 1 is 1.03 bits per heavy atom. The van der Waals surface area contributed by atoms with E-state index in [-0.39, 0.29) is 35.4 Å². The van der Waals surface area contributed by atoms with Crippen molar-refractivity contribution in [1.82, 2.24) is 0 Å². The lowest BCUT2D eigenvalue weighted by Gasteiger charge is -2.27. The lowest BCUT2D eigenvalue weighted by molar-refractivity contribution is -0.137. The summed E-state index contributed by atoms with van der Waals surface area (Å²) < 4.78 is 74.6. The number of anilines is 1. The largest absolute Gasteiger partial charge is 0.487 e. The van der Waals surface area contributed by atoms with Gasteiger partial charge in [0.15, 0.2) is 0 Å². The first-order valence-electron chi connectivity index (χ1n) is 11.5. The fourth-order valence-electron chi connectivity index (χ4n) is 3.65. The summed E-state index contributed by atoms with van der Waals surface area (Å²) in [4.78, 5) is 10.7. The van der Waals surface area contributed by atoms with Crippen LogP contribution in [0.2, 0.25) is 0 Å². The van der Waals surface area contributed by atoms with Crippen molar-refractivity contribution < 1.29 is 36.2 Å². The molecule has 194 valence electrons. The molecule has 1 aliphatic rings. The number of benzene rings is 3. The van der Waals surface area contributed by atoms with Crippen LogP contribution in [0.4, 0.5) is 18.9 Å². The van der Waals surface area contributed by atoms with Crippen molar-refractivity contribution in [2.24, 2.45) is 5.92 Å². The molecule has 0 atom stereocenters. The maximum atomic E-state index is 13.6. The summed E-state index contributed by atoms with van der Waals surface area (Å²) in [5.41, 5.74) is 0.305. The van der Waals surface area contributed by atoms with E-state index in [1.165, 1.54) is 18.2 Å². The van der Waals surface area contributed by atoms with Crippen LogP contribution < -0.4 is 9.04 Å². The molecule has 6 nitrogen and oxygen atoms in total. The van der Waals surface area contributed by atoms with Crippen LogP contribution in [0.1, 0.15) is 29.5 Å². The van der Waals surface area contributed by atoms with Crippen LogP contribution in [-0.4, -0.2) is 26.0 Å². The molecule has 1 saturated carbocycles. The van der Waals surface area contributed by atoms with Crippen molar-refractivity contribution in [2.45, 2.75) is 30.5 Å². The van der Waals surface area contributed by atoms with Gasteiger partial charge in [-0.25, -0.2) is 13.2 Å². The molecule has 4 rings (SSSR count). The Morgan fingerprint density at radius 2 is 1.70 bits per heavy atom. The SMILES string of the molecule is O=C(O)C=Cc1ccc(COc2cc(C(F)(F)F)ccc2N(CC2CC2)S(=O)(=O)c2ccccc2)cc1. The van der Waals surface area contributed by atoms with Crippen LogP contribution >= 0.6 is 0 Å². The topological polar surface area (TPSA) is 83.9 Å². The van der Waals surface area contributed by atoms with Crippen molar-refractivity contribution in [1.29, 1.82) is 0 Å². The number of hydrogen-bond donors (Lipinski definition) is 1. The Kier molecular flexibility index (Phi) is 7.58. The summed E-state index contributed by atoms with van der Waals surface area (Å²) in [5.74, 6) is -1.18. The highest BCUT2D eigenvalue weighted by Crippen LogP contribution is 2.41. The number of alkyl halides is 3. The molecule has 3 aromatic rings. The van der Waals surface area contributed by atoms with Gasteiger partial charge in [0.2, 0.25) is 0 Å². The zero-order chi connectivity index (χ0) is 26.6. The highest BCUT2D eigenvalue weighted by atomic mass is 32.2. The summed E-state index contributed by atoms with van der Waals surface area (Å²) in [6, 6.07) is 17.1. The molecular weight excluding hydrogens is 507 g/mol. The third kappa shape index (κ3) is 6.71. The molecule has 0 unspecified atom stereocenters. The van der Waals surface area contributed by atoms with Crippen molar-refractivity contribution in [3.63, 3.8) is 0 Å². The summed E-state index contributed by atoms with van der Waals surface area (Å²) in [7, 11) is -4.07. The van der Waals surface area contributed by atoms with Gasteiger partial charge < -0.3 is 9.84 Å². The molecule has 3 aromatic carbocycles. The molecule has 0 saturated heterocycles. The summed E-state index contributed by atoms with van der Waals surface area (Å²) in [5, 5.41) is 8.74. The molecule has 0 aliphatic heterocycles. The second-order valence-corrected chi connectivity index (χ2v) is 10.5. The number of carboxylic acids is 1. The predicted octanol–water partition coefficient (Wildman–Crippen LogP) is 5.99. The standard InChI is InChI=1S/C27H24F3NO5S/c28-27(29,30)22-13-14-24(31(17-20-8-9-20)37(34,35)23-4-2-1-3-5-23)25(16-22)36-18-21-10-6-19(7-11-21)12-15-26(32)33/h1-7,10-16,20H,8-9,17-18H2,(H,32,33). The van der Waals surface area contributed by atoms with Crippen LogP contribution in [-0.2, 0) is 27.6 Å². The number of aliphatic carboxylic acids is 1. The highest BCUT2D eigenvalue weighted by molar-refractivity contribution is 7.92. The van der Waals surface area contributed by atoms with Crippen molar-refractivity contribution in [2.75, 3.05) is 10.8 Å². The van der Waals surface area contributed by atoms with Gasteiger partial charge in [-0.3, -0.25) is 4.31 Å². The van der Waals surface area contributed by atoms with E-state index < -0.39 is 27.7 Å². The minimum Gasteiger partial charge on any atom is -0.487 e. The first-order chi connectivity index (χ1) is 17.5. The fraction of sp³-hybridized carbons (Fsp3) is 0.222. The van der Waals surface area contributed by atoms with E-state index in [0.29, 0.717) is 11.1 Å². The Bertz CT molecular complexity index is 1380. The number of hydrogen-bond acceptors (Lipinski definition) is 4. The number of sulfonamides is 1. The van der Waals surface area contributed by atoms with Gasteiger partial charge in [-0.15, -0.1) is 0 Å². The predicted molar refractivity (Wildman–Crippen MR) is 133 cm³/mol. The van der Waals surface area contributed by atoms with Gasteiger partial charge in [-0.2, -0.15) is 13.2 Å². The molecular formula is C27H24F3NO5S. The third-order valence-corrected chi connectivity index (χ3v) is 7.59. The average molecular weight is 532 g/mol. The molecule has 1 N–H and O–H groups in total. The summed E-state index contributed by atoms with van der Waals surface area (Å²) in [6.45, 7) is 0.00342. The van der Waals surface area contributed by atoms with Crippen LogP contribution in [0.15, 0.2) is 83.8 Å². The van der Waals surface area contributed by atoms with E-state index in [9.17, 15) is 26.4 Å². The number of carboxylic acid groups (broad SMARTS) is 1. The molecule has 0 radical (unpaired) electrons. The van der Waals surface area contributed by atoms with Gasteiger partial charge in [-0.05, 0) is 66.3 Å². The van der Waals surface area contributed by atoms with Crippen molar-refractivity contribution >= 4 is 27.8 Å². The monoisotopic (exact) mass is 531 g/mol. The Hall–Kier alpha value is -3.79. The van der Waals surface area contributed by atoms with Gasteiger partial charge in [-0.1, -0.05) is 42.5 Å². The Balaban J connectivity index is 1.68. The molecule has 1 aliphatic carbocycles. The zero-order valence-corrected chi connectivity index (χ0v) is 20.4. The smallest absolute Gasteiger partial charge is 0.416 e. The maximum absolute atomic E-state index is 13.6. The van der Waals surface area contributed by atoms with Crippen LogP contribution in [0.5, 0.6) is 5.75 Å². The maximum Gasteiger partial charge on any atom is 0.416 e. The van der Waals surface area contributed by atoms with E-state index in [1.807, 2.05) is 0 Å². The molecule has 37 heavy (non-hydrogen) atoms. The van der Waals surface area contributed by atoms with Gasteiger partial charge >= 0.3 is 12.1 Å². The van der Waals surface area contributed by atoms with E-state index in [2.05, 4.69) is 0 Å². The minimum atomic E-state index is -4.64. The molecule has 0 amide bonds. The summed E-state index contributed by atoms with van der Waals surface area (Å²) in [6.07, 6.45) is -0.584. The Labute approximate surface area is 212 Å². The number of ether oxygens (including phenoxy) is 1. The number of rotatable bonds is 10. The molecule has 0 bridgehead atoms. The zero-order valence-electron chi connectivity index (χ0n) is 19.6. The lowest BCUT2D eigenvalue weighted by atomic mass is 10.1. The third-order valence-electron chi connectivity index (χ3n) is 5.80. The van der Waals surface area contributed by atoms with E-state index >= 15 is 0 Å². The number of nitrogens with zero attached hydrogens (tertiary/aromatic N) is 1. The average Bonchev–Trinajstić information content (AvgIpc) is 3.69. The molecule has 0 spiro atoms. The molecule has 0 aromatic heterocycles. The molecule has 1 fully saturated rings. The van der Waals surface area contributed by atoms with Crippen LogP contribution in [0, 0.1) is 5.92 Å². The molecule has 10 heteroatoms. The van der Waals surface area contributed by atoms with E-state index in [4.69, 9.17) is 9.84 Å². The van der Waals surface area contributed by atoms with Crippen LogP contribution in [0.3, 0.4) is 0 Å². The fourth-order valence-corrected chi connectivity index (χ4v) is 5.22. The number of carbonyl (C=O) groups is 1. The highest BCUT2D eigenvalue weighted by Gasteiger charge is 2.36. The van der Waals surface area contributed by atoms with Crippen LogP contribution in [0.25, 0.3) is 6.08 Å². The second-order valence-electron chi connectivity index (χ2n) is 8.67. The lowest BCUT2D eigenvalue weighted by Crippen LogP contribution is -2.33.